The predicted molar refractivity (Wildman–Crippen MR) is 146 cm³/mol. The molecule has 2 heteroatoms. The van der Waals surface area contributed by atoms with Crippen LogP contribution in [-0.4, -0.2) is 13.2 Å². The SMILES string of the molecule is CCCC1CCCC(C2COc3ccc4ccccc4c3-c3c(ccc4ccccc34)OC2)CC1. The predicted octanol–water partition coefficient (Wildman–Crippen LogP) is 9.04. The third-order valence-electron chi connectivity index (χ3n) is 8.43. The van der Waals surface area contributed by atoms with Crippen molar-refractivity contribution in [2.45, 2.75) is 51.9 Å². The maximum Gasteiger partial charge on any atom is 0.127 e. The first kappa shape index (κ1) is 22.5. The minimum absolute atomic E-state index is 0.409. The highest BCUT2D eigenvalue weighted by Gasteiger charge is 2.29. The molecule has 2 unspecified atom stereocenters. The number of rotatable bonds is 3. The van der Waals surface area contributed by atoms with E-state index in [1.165, 1.54) is 77.6 Å². The van der Waals surface area contributed by atoms with Crippen molar-refractivity contribution in [3.05, 3.63) is 72.8 Å². The summed E-state index contributed by atoms with van der Waals surface area (Å²) in [6.07, 6.45) is 9.38. The van der Waals surface area contributed by atoms with Crippen molar-refractivity contribution in [2.24, 2.45) is 17.8 Å². The summed E-state index contributed by atoms with van der Waals surface area (Å²) in [6.45, 7) is 3.77. The molecule has 4 aromatic rings. The number of benzene rings is 4. The van der Waals surface area contributed by atoms with E-state index in [0.29, 0.717) is 11.8 Å². The second kappa shape index (κ2) is 9.93. The van der Waals surface area contributed by atoms with Gasteiger partial charge in [0.05, 0.1) is 13.2 Å². The molecule has 180 valence electrons. The average Bonchev–Trinajstić information content (AvgIpc) is 3.09. The summed E-state index contributed by atoms with van der Waals surface area (Å²) in [5.74, 6) is 3.95. The number of ether oxygens (including phenoxy) is 2. The van der Waals surface area contributed by atoms with E-state index in [0.717, 1.165) is 30.6 Å². The normalized spacial score (nSPS) is 21.1. The molecule has 0 radical (unpaired) electrons. The molecule has 6 rings (SSSR count). The Bertz CT molecular complexity index is 1230. The first-order valence-corrected chi connectivity index (χ1v) is 13.6. The Labute approximate surface area is 209 Å². The Kier molecular flexibility index (Phi) is 6.37. The van der Waals surface area contributed by atoms with Gasteiger partial charge in [0.25, 0.3) is 0 Å². The highest BCUT2D eigenvalue weighted by atomic mass is 16.5. The van der Waals surface area contributed by atoms with E-state index < -0.39 is 0 Å². The van der Waals surface area contributed by atoms with Gasteiger partial charge in [0, 0.05) is 17.0 Å². The molecule has 1 aliphatic carbocycles. The van der Waals surface area contributed by atoms with Crippen molar-refractivity contribution in [1.29, 1.82) is 0 Å². The number of hydrogen-bond acceptors (Lipinski definition) is 2. The van der Waals surface area contributed by atoms with Crippen LogP contribution in [0.25, 0.3) is 32.7 Å². The van der Waals surface area contributed by atoms with E-state index in [9.17, 15) is 0 Å². The minimum Gasteiger partial charge on any atom is -0.492 e. The Morgan fingerprint density at radius 2 is 1.23 bits per heavy atom. The van der Waals surface area contributed by atoms with Gasteiger partial charge in [0.1, 0.15) is 11.5 Å². The fraction of sp³-hybridized carbons (Fsp3) is 0.394. The lowest BCUT2D eigenvalue weighted by Gasteiger charge is -2.26. The Hall–Kier alpha value is -3.00. The van der Waals surface area contributed by atoms with Crippen LogP contribution in [0.15, 0.2) is 72.8 Å². The van der Waals surface area contributed by atoms with Gasteiger partial charge >= 0.3 is 0 Å². The number of hydrogen-bond donors (Lipinski definition) is 0. The molecule has 2 aliphatic rings. The molecule has 1 fully saturated rings. The minimum atomic E-state index is 0.409. The summed E-state index contributed by atoms with van der Waals surface area (Å²) >= 11 is 0. The fourth-order valence-electron chi connectivity index (χ4n) is 6.55. The van der Waals surface area contributed by atoms with Crippen LogP contribution in [0, 0.1) is 17.8 Å². The molecule has 1 aliphatic heterocycles. The van der Waals surface area contributed by atoms with Crippen molar-refractivity contribution in [2.75, 3.05) is 13.2 Å². The molecule has 0 N–H and O–H groups in total. The standard InChI is InChI=1S/C33H36O2/c1-2-8-23-9-7-12-24(16-15-23)27-21-34-30-19-17-25-10-3-5-13-28(25)32(30)33-29-14-6-4-11-26(29)18-20-31(33)35-22-27/h3-6,10-11,13-14,17-20,23-24,27H,2,7-9,12,15-16,21-22H2,1H3. The van der Waals surface area contributed by atoms with Crippen molar-refractivity contribution in [3.63, 3.8) is 0 Å². The third-order valence-corrected chi connectivity index (χ3v) is 8.43. The van der Waals surface area contributed by atoms with Gasteiger partial charge in [-0.15, -0.1) is 0 Å². The molecular weight excluding hydrogens is 428 g/mol. The zero-order chi connectivity index (χ0) is 23.6. The Balaban J connectivity index is 1.44. The second-order valence-electron chi connectivity index (χ2n) is 10.6. The van der Waals surface area contributed by atoms with Crippen LogP contribution in [0.1, 0.15) is 51.9 Å². The van der Waals surface area contributed by atoms with Crippen LogP contribution in [0.2, 0.25) is 0 Å². The van der Waals surface area contributed by atoms with E-state index in [2.05, 4.69) is 79.7 Å². The lowest BCUT2D eigenvalue weighted by molar-refractivity contribution is 0.123. The number of fused-ring (bicyclic) bond motifs is 7. The molecule has 1 saturated carbocycles. The van der Waals surface area contributed by atoms with Crippen molar-refractivity contribution >= 4 is 21.5 Å². The van der Waals surface area contributed by atoms with Crippen LogP contribution in [0.5, 0.6) is 11.5 Å². The maximum atomic E-state index is 6.72. The van der Waals surface area contributed by atoms with Gasteiger partial charge in [-0.3, -0.25) is 0 Å². The van der Waals surface area contributed by atoms with Crippen molar-refractivity contribution in [1.82, 2.24) is 0 Å². The Morgan fingerprint density at radius 1 is 0.629 bits per heavy atom. The van der Waals surface area contributed by atoms with E-state index >= 15 is 0 Å². The summed E-state index contributed by atoms with van der Waals surface area (Å²) in [5, 5.41) is 4.91. The quantitative estimate of drug-likeness (QED) is 0.282. The summed E-state index contributed by atoms with van der Waals surface area (Å²) < 4.78 is 13.4. The smallest absolute Gasteiger partial charge is 0.127 e. The molecule has 2 atom stereocenters. The van der Waals surface area contributed by atoms with Crippen molar-refractivity contribution in [3.8, 4) is 22.6 Å². The molecule has 2 nitrogen and oxygen atoms in total. The molecule has 0 spiro atoms. The summed E-state index contributed by atoms with van der Waals surface area (Å²) in [5.41, 5.74) is 2.33. The largest absolute Gasteiger partial charge is 0.492 e. The van der Waals surface area contributed by atoms with E-state index in [1.54, 1.807) is 0 Å². The van der Waals surface area contributed by atoms with Crippen LogP contribution >= 0.6 is 0 Å². The first-order chi connectivity index (χ1) is 17.3. The second-order valence-corrected chi connectivity index (χ2v) is 10.6. The van der Waals surface area contributed by atoms with Crippen LogP contribution in [0.4, 0.5) is 0 Å². The van der Waals surface area contributed by atoms with E-state index in [-0.39, 0.29) is 0 Å². The first-order valence-electron chi connectivity index (χ1n) is 13.6. The van der Waals surface area contributed by atoms with Gasteiger partial charge in [-0.25, -0.2) is 0 Å². The molecule has 4 aromatic carbocycles. The molecule has 0 bridgehead atoms. The molecule has 1 heterocycles. The van der Waals surface area contributed by atoms with Gasteiger partial charge in [-0.1, -0.05) is 99.7 Å². The molecule has 0 amide bonds. The summed E-state index contributed by atoms with van der Waals surface area (Å²) in [6, 6.07) is 26.1. The zero-order valence-electron chi connectivity index (χ0n) is 20.8. The van der Waals surface area contributed by atoms with Crippen LogP contribution < -0.4 is 9.47 Å². The zero-order valence-corrected chi connectivity index (χ0v) is 20.8. The summed E-state index contributed by atoms with van der Waals surface area (Å²) in [7, 11) is 0. The topological polar surface area (TPSA) is 18.5 Å². The van der Waals surface area contributed by atoms with Crippen molar-refractivity contribution < 1.29 is 9.47 Å². The van der Waals surface area contributed by atoms with Crippen LogP contribution in [0.3, 0.4) is 0 Å². The molecular formula is C33H36O2. The molecule has 35 heavy (non-hydrogen) atoms. The van der Waals surface area contributed by atoms with E-state index in [1.807, 2.05) is 0 Å². The van der Waals surface area contributed by atoms with Gasteiger partial charge in [0.2, 0.25) is 0 Å². The fourth-order valence-corrected chi connectivity index (χ4v) is 6.55. The lowest BCUT2D eigenvalue weighted by Crippen LogP contribution is -2.27. The monoisotopic (exact) mass is 464 g/mol. The van der Waals surface area contributed by atoms with Crippen LogP contribution in [-0.2, 0) is 0 Å². The van der Waals surface area contributed by atoms with Gasteiger partial charge in [-0.2, -0.15) is 0 Å². The van der Waals surface area contributed by atoms with E-state index in [4.69, 9.17) is 9.47 Å². The maximum absolute atomic E-state index is 6.72. The highest BCUT2D eigenvalue weighted by Crippen LogP contribution is 2.47. The van der Waals surface area contributed by atoms with Gasteiger partial charge < -0.3 is 9.47 Å². The molecule has 0 saturated heterocycles. The Morgan fingerprint density at radius 3 is 1.83 bits per heavy atom. The molecule has 0 aromatic heterocycles. The lowest BCUT2D eigenvalue weighted by atomic mass is 9.86. The summed E-state index contributed by atoms with van der Waals surface area (Å²) in [4.78, 5) is 0. The highest BCUT2D eigenvalue weighted by molar-refractivity contribution is 6.09. The van der Waals surface area contributed by atoms with Gasteiger partial charge in [0.15, 0.2) is 0 Å². The van der Waals surface area contributed by atoms with Gasteiger partial charge in [-0.05, 0) is 58.4 Å². The average molecular weight is 465 g/mol. The third kappa shape index (κ3) is 4.40.